The van der Waals surface area contributed by atoms with Gasteiger partial charge in [0.2, 0.25) is 0 Å². The third kappa shape index (κ3) is 10.2. The Morgan fingerprint density at radius 2 is 1.43 bits per heavy atom. The molecular formula is C33H47BrN2O4. The summed E-state index contributed by atoms with van der Waals surface area (Å²) in [6.45, 7) is 8.34. The summed E-state index contributed by atoms with van der Waals surface area (Å²) >= 11 is 3.23. The van der Waals surface area contributed by atoms with Gasteiger partial charge in [-0.25, -0.2) is 4.79 Å². The maximum absolute atomic E-state index is 12.1. The quantitative estimate of drug-likeness (QED) is 0.151. The summed E-state index contributed by atoms with van der Waals surface area (Å²) < 4.78 is 11.6. The minimum atomic E-state index is -0.218. The molecule has 0 saturated carbocycles. The van der Waals surface area contributed by atoms with E-state index < -0.39 is 0 Å². The van der Waals surface area contributed by atoms with Crippen molar-refractivity contribution >= 4 is 49.7 Å². The van der Waals surface area contributed by atoms with Crippen molar-refractivity contribution in [3.8, 4) is 0 Å². The van der Waals surface area contributed by atoms with Gasteiger partial charge in [-0.1, -0.05) is 99.3 Å². The van der Waals surface area contributed by atoms with Gasteiger partial charge in [-0.2, -0.15) is 0 Å². The number of rotatable bonds is 9. The fourth-order valence-electron chi connectivity index (χ4n) is 4.46. The zero-order chi connectivity index (χ0) is 28.8. The molecule has 7 heteroatoms. The molecule has 0 amide bonds. The van der Waals surface area contributed by atoms with Crippen LogP contribution in [0, 0.1) is 13.8 Å². The van der Waals surface area contributed by atoms with E-state index in [1.807, 2.05) is 25.1 Å². The Morgan fingerprint density at radius 3 is 2.02 bits per heavy atom. The number of carbonyl (C=O) groups excluding carboxylic acids is 2. The number of aryl methyl sites for hydroxylation is 2. The van der Waals surface area contributed by atoms with E-state index in [0.717, 1.165) is 49.7 Å². The maximum Gasteiger partial charge on any atom is 0.328 e. The minimum absolute atomic E-state index is 0. The van der Waals surface area contributed by atoms with Gasteiger partial charge in [-0.15, -0.1) is 0 Å². The summed E-state index contributed by atoms with van der Waals surface area (Å²) in [7, 11) is 2.87. The van der Waals surface area contributed by atoms with E-state index in [0.29, 0.717) is 0 Å². The summed E-state index contributed by atoms with van der Waals surface area (Å²) in [5, 5.41) is 2.46. The highest BCUT2D eigenvalue weighted by molar-refractivity contribution is 9.10. The highest BCUT2D eigenvalue weighted by Crippen LogP contribution is 2.27. The molecule has 0 fully saturated rings. The molecule has 0 saturated heterocycles. The Balaban J connectivity index is 0.000000324. The van der Waals surface area contributed by atoms with Gasteiger partial charge < -0.3 is 19.0 Å². The van der Waals surface area contributed by atoms with E-state index in [1.165, 1.54) is 36.2 Å². The van der Waals surface area contributed by atoms with Crippen LogP contribution in [0.5, 0.6) is 0 Å². The number of benzene rings is 2. The number of ether oxygens (including phenoxy) is 2. The number of unbranched alkanes of at least 4 members (excludes halogenated alkanes) is 2. The number of aromatic nitrogens is 2. The van der Waals surface area contributed by atoms with Crippen molar-refractivity contribution in [2.45, 2.75) is 84.5 Å². The molecule has 4 aromatic rings. The van der Waals surface area contributed by atoms with Gasteiger partial charge in [0, 0.05) is 22.4 Å². The molecule has 6 nitrogen and oxygen atoms in total. The van der Waals surface area contributed by atoms with Crippen LogP contribution in [0.2, 0.25) is 0 Å². The number of hydrogen-bond donors (Lipinski definition) is 1. The number of carbonyl (C=O) groups is 2. The molecule has 40 heavy (non-hydrogen) atoms. The molecule has 0 aliphatic carbocycles. The lowest BCUT2D eigenvalue weighted by atomic mass is 10.1. The number of aromatic amines is 1. The van der Waals surface area contributed by atoms with E-state index in [9.17, 15) is 9.59 Å². The van der Waals surface area contributed by atoms with E-state index in [-0.39, 0.29) is 30.2 Å². The van der Waals surface area contributed by atoms with Gasteiger partial charge in [0.05, 0.1) is 14.2 Å². The third-order valence-corrected chi connectivity index (χ3v) is 7.32. The van der Waals surface area contributed by atoms with Gasteiger partial charge in [0.1, 0.15) is 10.9 Å². The molecule has 0 aliphatic rings. The molecule has 220 valence electrons. The monoisotopic (exact) mass is 614 g/mol. The standard InChI is InChI=1S/C16H21NO2.C9H9N.C7H13BrO2.CH4/c1-4-5-9-15(16(18)19-3)17-12(2)11-13-8-6-7-10-14(13)17;1-7-6-8-4-2-3-5-9(8)10-7;1-3-4-5-6(8)7(9)10-2;/h6-8,10-11,15H,4-5,9H2,1-3H3;2-6,10H,1H3;6H,3-5H2,1-2H3;1H4. The van der Waals surface area contributed by atoms with Gasteiger partial charge in [-0.3, -0.25) is 4.79 Å². The molecule has 0 bridgehead atoms. The van der Waals surface area contributed by atoms with Gasteiger partial charge in [-0.05, 0) is 61.7 Å². The number of methoxy groups -OCH3 is 2. The zero-order valence-electron chi connectivity index (χ0n) is 24.1. The van der Waals surface area contributed by atoms with Crippen molar-refractivity contribution < 1.29 is 19.1 Å². The van der Waals surface area contributed by atoms with Crippen LogP contribution in [-0.4, -0.2) is 40.5 Å². The third-order valence-electron chi connectivity index (χ3n) is 6.49. The number of para-hydroxylation sites is 2. The van der Waals surface area contributed by atoms with E-state index in [1.54, 1.807) is 0 Å². The smallest absolute Gasteiger partial charge is 0.328 e. The summed E-state index contributed by atoms with van der Waals surface area (Å²) in [6, 6.07) is 20.5. The first-order chi connectivity index (χ1) is 18.8. The van der Waals surface area contributed by atoms with Crippen LogP contribution in [0.1, 0.15) is 77.2 Å². The van der Waals surface area contributed by atoms with Gasteiger partial charge in [0.25, 0.3) is 0 Å². The number of halogens is 1. The Labute approximate surface area is 248 Å². The number of H-pyrrole nitrogens is 1. The SMILES string of the molecule is C.CCCCC(Br)C(=O)OC.CCCCC(C(=O)OC)n1c(C)cc2ccccc21.Cc1cc2ccccc2[nH]1. The maximum atomic E-state index is 12.1. The number of hydrogen-bond acceptors (Lipinski definition) is 4. The second-order valence-electron chi connectivity index (χ2n) is 9.57. The van der Waals surface area contributed by atoms with Crippen molar-refractivity contribution in [2.24, 2.45) is 0 Å². The van der Waals surface area contributed by atoms with Crippen LogP contribution in [0.3, 0.4) is 0 Å². The van der Waals surface area contributed by atoms with Crippen molar-refractivity contribution in [2.75, 3.05) is 14.2 Å². The van der Waals surface area contributed by atoms with E-state index in [4.69, 9.17) is 4.74 Å². The largest absolute Gasteiger partial charge is 0.468 e. The Kier molecular flexibility index (Phi) is 16.0. The first-order valence-corrected chi connectivity index (χ1v) is 14.6. The second kappa shape index (κ2) is 18.3. The van der Waals surface area contributed by atoms with Crippen LogP contribution in [0.15, 0.2) is 60.7 Å². The Morgan fingerprint density at radius 1 is 0.850 bits per heavy atom. The highest BCUT2D eigenvalue weighted by atomic mass is 79.9. The summed E-state index contributed by atoms with van der Waals surface area (Å²) in [5.74, 6) is -0.327. The highest BCUT2D eigenvalue weighted by Gasteiger charge is 2.23. The minimum Gasteiger partial charge on any atom is -0.468 e. The molecule has 1 N–H and O–H groups in total. The number of fused-ring (bicyclic) bond motifs is 2. The molecule has 4 rings (SSSR count). The zero-order valence-corrected chi connectivity index (χ0v) is 25.7. The topological polar surface area (TPSA) is 73.3 Å². The van der Waals surface area contributed by atoms with Gasteiger partial charge in [0.15, 0.2) is 0 Å². The lowest BCUT2D eigenvalue weighted by Crippen LogP contribution is -2.21. The van der Waals surface area contributed by atoms with Crippen molar-refractivity contribution in [1.82, 2.24) is 9.55 Å². The van der Waals surface area contributed by atoms with Gasteiger partial charge >= 0.3 is 11.9 Å². The lowest BCUT2D eigenvalue weighted by molar-refractivity contribution is -0.144. The summed E-state index contributed by atoms with van der Waals surface area (Å²) in [6.07, 6.45) is 5.95. The molecule has 2 aromatic heterocycles. The molecule has 2 unspecified atom stereocenters. The Hall–Kier alpha value is -3.06. The number of alkyl halides is 1. The predicted molar refractivity (Wildman–Crippen MR) is 171 cm³/mol. The number of nitrogens with zero attached hydrogens (tertiary/aromatic N) is 1. The average molecular weight is 616 g/mol. The van der Waals surface area contributed by atoms with E-state index in [2.05, 4.69) is 93.5 Å². The number of esters is 2. The fraction of sp³-hybridized carbons (Fsp3) is 0.455. The molecule has 0 spiro atoms. The van der Waals surface area contributed by atoms with Crippen LogP contribution in [-0.2, 0) is 19.1 Å². The first-order valence-electron chi connectivity index (χ1n) is 13.7. The molecule has 2 aromatic carbocycles. The molecule has 2 heterocycles. The Bertz CT molecular complexity index is 1280. The first kappa shape index (κ1) is 35.0. The normalized spacial score (nSPS) is 11.8. The van der Waals surface area contributed by atoms with Crippen molar-refractivity contribution in [3.05, 3.63) is 72.1 Å². The number of nitrogens with one attached hydrogen (secondary N) is 1. The van der Waals surface area contributed by atoms with Crippen LogP contribution in [0.4, 0.5) is 0 Å². The second-order valence-corrected chi connectivity index (χ2v) is 10.7. The molecular weight excluding hydrogens is 568 g/mol. The fourth-order valence-corrected chi connectivity index (χ4v) is 4.97. The van der Waals surface area contributed by atoms with Crippen molar-refractivity contribution in [1.29, 1.82) is 0 Å². The molecule has 2 atom stereocenters. The summed E-state index contributed by atoms with van der Waals surface area (Å²) in [4.78, 5) is 26.0. The van der Waals surface area contributed by atoms with Crippen LogP contribution in [0.25, 0.3) is 21.8 Å². The van der Waals surface area contributed by atoms with E-state index >= 15 is 0 Å². The van der Waals surface area contributed by atoms with Crippen LogP contribution < -0.4 is 0 Å². The summed E-state index contributed by atoms with van der Waals surface area (Å²) in [5.41, 5.74) is 4.65. The predicted octanol–water partition coefficient (Wildman–Crippen LogP) is 9.08. The van der Waals surface area contributed by atoms with Crippen LogP contribution >= 0.6 is 15.9 Å². The lowest BCUT2D eigenvalue weighted by Gasteiger charge is -2.19. The molecule has 0 radical (unpaired) electrons. The average Bonchev–Trinajstić information content (AvgIpc) is 3.50. The molecule has 0 aliphatic heterocycles. The van der Waals surface area contributed by atoms with Crippen molar-refractivity contribution in [3.63, 3.8) is 0 Å².